The molecule has 1 aromatic heterocycles. The second kappa shape index (κ2) is 7.99. The number of rotatable bonds is 5. The summed E-state index contributed by atoms with van der Waals surface area (Å²) in [5.74, 6) is 0.782. The fraction of sp³-hybridized carbons (Fsp3) is 0.722. The summed E-state index contributed by atoms with van der Waals surface area (Å²) in [7, 11) is 0. The minimum absolute atomic E-state index is 0.0688. The SMILES string of the molecule is CCOC(=O)C1CCN(C(=O)CN2CCCC2c2cc(C)no2)CC1. The first-order chi connectivity index (χ1) is 12.1. The number of likely N-dealkylation sites (tertiary alicyclic amines) is 2. The Labute approximate surface area is 148 Å². The number of hydrogen-bond donors (Lipinski definition) is 0. The summed E-state index contributed by atoms with van der Waals surface area (Å²) >= 11 is 0. The number of nitrogens with zero attached hydrogens (tertiary/aromatic N) is 3. The summed E-state index contributed by atoms with van der Waals surface area (Å²) in [6.45, 7) is 6.69. The molecule has 0 aliphatic carbocycles. The normalized spacial score (nSPS) is 22.3. The van der Waals surface area contributed by atoms with Crippen molar-refractivity contribution in [3.8, 4) is 0 Å². The van der Waals surface area contributed by atoms with E-state index in [4.69, 9.17) is 9.26 Å². The van der Waals surface area contributed by atoms with Gasteiger partial charge >= 0.3 is 5.97 Å². The molecule has 0 saturated carbocycles. The van der Waals surface area contributed by atoms with Crippen LogP contribution in [-0.4, -0.2) is 59.6 Å². The monoisotopic (exact) mass is 349 g/mol. The number of ether oxygens (including phenoxy) is 1. The van der Waals surface area contributed by atoms with E-state index in [0.29, 0.717) is 39.1 Å². The van der Waals surface area contributed by atoms with E-state index < -0.39 is 0 Å². The molecule has 1 atom stereocenters. The number of hydrogen-bond acceptors (Lipinski definition) is 6. The van der Waals surface area contributed by atoms with Crippen molar-refractivity contribution in [3.63, 3.8) is 0 Å². The van der Waals surface area contributed by atoms with Crippen molar-refractivity contribution in [1.29, 1.82) is 0 Å². The molecule has 0 spiro atoms. The summed E-state index contributed by atoms with van der Waals surface area (Å²) < 4.78 is 10.5. The lowest BCUT2D eigenvalue weighted by atomic mass is 9.97. The van der Waals surface area contributed by atoms with Crippen molar-refractivity contribution in [2.24, 2.45) is 5.92 Å². The van der Waals surface area contributed by atoms with Crippen LogP contribution in [-0.2, 0) is 14.3 Å². The summed E-state index contributed by atoms with van der Waals surface area (Å²) in [5.41, 5.74) is 0.870. The fourth-order valence-corrected chi connectivity index (χ4v) is 3.78. The number of carbonyl (C=O) groups excluding carboxylic acids is 2. The first-order valence-electron chi connectivity index (χ1n) is 9.20. The molecule has 0 aromatic carbocycles. The van der Waals surface area contributed by atoms with Gasteiger partial charge < -0.3 is 14.2 Å². The van der Waals surface area contributed by atoms with Gasteiger partial charge in [-0.15, -0.1) is 0 Å². The van der Waals surface area contributed by atoms with Crippen LogP contribution in [0.1, 0.15) is 50.1 Å². The van der Waals surface area contributed by atoms with Gasteiger partial charge in [-0.3, -0.25) is 14.5 Å². The van der Waals surface area contributed by atoms with E-state index in [2.05, 4.69) is 10.1 Å². The minimum atomic E-state index is -0.130. The summed E-state index contributed by atoms with van der Waals surface area (Å²) in [5, 5.41) is 3.96. The number of esters is 1. The van der Waals surface area contributed by atoms with Crippen molar-refractivity contribution >= 4 is 11.9 Å². The molecule has 25 heavy (non-hydrogen) atoms. The van der Waals surface area contributed by atoms with Crippen molar-refractivity contribution in [3.05, 3.63) is 17.5 Å². The third-order valence-electron chi connectivity index (χ3n) is 5.14. The average Bonchev–Trinajstić information content (AvgIpc) is 3.24. The Balaban J connectivity index is 1.51. The topological polar surface area (TPSA) is 75.9 Å². The zero-order valence-electron chi connectivity index (χ0n) is 15.1. The van der Waals surface area contributed by atoms with Gasteiger partial charge in [0.1, 0.15) is 0 Å². The molecule has 1 aromatic rings. The van der Waals surface area contributed by atoms with Gasteiger partial charge in [-0.05, 0) is 46.1 Å². The van der Waals surface area contributed by atoms with Crippen LogP contribution in [0, 0.1) is 12.8 Å². The number of carbonyl (C=O) groups is 2. The highest BCUT2D eigenvalue weighted by Gasteiger charge is 2.33. The molecule has 2 saturated heterocycles. The van der Waals surface area contributed by atoms with E-state index in [1.54, 1.807) is 0 Å². The molecule has 2 fully saturated rings. The maximum absolute atomic E-state index is 12.7. The van der Waals surface area contributed by atoms with E-state index in [1.807, 2.05) is 24.8 Å². The Hall–Kier alpha value is -1.89. The predicted molar refractivity (Wildman–Crippen MR) is 90.7 cm³/mol. The van der Waals surface area contributed by atoms with Crippen LogP contribution < -0.4 is 0 Å². The zero-order valence-corrected chi connectivity index (χ0v) is 15.1. The largest absolute Gasteiger partial charge is 0.466 e. The van der Waals surface area contributed by atoms with Crippen LogP contribution in [0.3, 0.4) is 0 Å². The van der Waals surface area contributed by atoms with Crippen LogP contribution >= 0.6 is 0 Å². The first kappa shape index (κ1) is 17.9. The Morgan fingerprint density at radius 1 is 1.28 bits per heavy atom. The third-order valence-corrected chi connectivity index (χ3v) is 5.14. The fourth-order valence-electron chi connectivity index (χ4n) is 3.78. The molecule has 0 bridgehead atoms. The summed E-state index contributed by atoms with van der Waals surface area (Å²) in [4.78, 5) is 28.5. The van der Waals surface area contributed by atoms with Gasteiger partial charge in [0.2, 0.25) is 5.91 Å². The average molecular weight is 349 g/mol. The van der Waals surface area contributed by atoms with Crippen molar-refractivity contribution in [2.45, 2.75) is 45.6 Å². The standard InChI is InChI=1S/C18H27N3O4/c1-3-24-18(23)14-6-9-20(10-7-14)17(22)12-21-8-4-5-15(21)16-11-13(2)19-25-16/h11,14-15H,3-10,12H2,1-2H3. The molecule has 138 valence electrons. The van der Waals surface area contributed by atoms with Gasteiger partial charge in [0.05, 0.1) is 30.8 Å². The highest BCUT2D eigenvalue weighted by molar-refractivity contribution is 5.79. The van der Waals surface area contributed by atoms with E-state index in [0.717, 1.165) is 30.8 Å². The van der Waals surface area contributed by atoms with Gasteiger partial charge in [0, 0.05) is 19.2 Å². The van der Waals surface area contributed by atoms with Gasteiger partial charge in [-0.1, -0.05) is 5.16 Å². The van der Waals surface area contributed by atoms with E-state index in [1.165, 1.54) is 0 Å². The molecule has 7 heteroatoms. The minimum Gasteiger partial charge on any atom is -0.466 e. The molecule has 1 unspecified atom stereocenters. The lowest BCUT2D eigenvalue weighted by Gasteiger charge is -2.32. The highest BCUT2D eigenvalue weighted by Crippen LogP contribution is 2.32. The predicted octanol–water partition coefficient (Wildman–Crippen LogP) is 1.92. The van der Waals surface area contributed by atoms with Gasteiger partial charge in [0.15, 0.2) is 5.76 Å². The number of amides is 1. The van der Waals surface area contributed by atoms with Crippen LogP contribution in [0.15, 0.2) is 10.6 Å². The molecular formula is C18H27N3O4. The number of piperidine rings is 1. The van der Waals surface area contributed by atoms with Crippen molar-refractivity contribution < 1.29 is 18.8 Å². The van der Waals surface area contributed by atoms with Crippen molar-refractivity contribution in [1.82, 2.24) is 15.0 Å². The third kappa shape index (κ3) is 4.21. The zero-order chi connectivity index (χ0) is 17.8. The Kier molecular flexibility index (Phi) is 5.73. The maximum atomic E-state index is 12.7. The molecule has 3 rings (SSSR count). The molecule has 7 nitrogen and oxygen atoms in total. The van der Waals surface area contributed by atoms with Crippen LogP contribution in [0.25, 0.3) is 0 Å². The highest BCUT2D eigenvalue weighted by atomic mass is 16.5. The maximum Gasteiger partial charge on any atom is 0.309 e. The van der Waals surface area contributed by atoms with Gasteiger partial charge in [-0.25, -0.2) is 0 Å². The Bertz CT molecular complexity index is 607. The van der Waals surface area contributed by atoms with Crippen LogP contribution in [0.4, 0.5) is 0 Å². The lowest BCUT2D eigenvalue weighted by Crippen LogP contribution is -2.45. The quantitative estimate of drug-likeness (QED) is 0.756. The second-order valence-corrected chi connectivity index (χ2v) is 6.91. The van der Waals surface area contributed by atoms with E-state index in [-0.39, 0.29) is 23.8 Å². The van der Waals surface area contributed by atoms with Crippen LogP contribution in [0.5, 0.6) is 0 Å². The molecule has 2 aliphatic rings. The van der Waals surface area contributed by atoms with Crippen LogP contribution in [0.2, 0.25) is 0 Å². The molecule has 3 heterocycles. The Morgan fingerprint density at radius 3 is 2.68 bits per heavy atom. The van der Waals surface area contributed by atoms with E-state index >= 15 is 0 Å². The molecule has 1 amide bonds. The molecule has 0 radical (unpaired) electrons. The molecule has 2 aliphatic heterocycles. The summed E-state index contributed by atoms with van der Waals surface area (Å²) in [6.07, 6.45) is 3.43. The second-order valence-electron chi connectivity index (χ2n) is 6.91. The lowest BCUT2D eigenvalue weighted by molar-refractivity contribution is -0.151. The molecular weight excluding hydrogens is 322 g/mol. The van der Waals surface area contributed by atoms with Crippen molar-refractivity contribution in [2.75, 3.05) is 32.8 Å². The van der Waals surface area contributed by atoms with E-state index in [9.17, 15) is 9.59 Å². The smallest absolute Gasteiger partial charge is 0.309 e. The van der Waals surface area contributed by atoms with Gasteiger partial charge in [0.25, 0.3) is 0 Å². The van der Waals surface area contributed by atoms with Gasteiger partial charge in [-0.2, -0.15) is 0 Å². The summed E-state index contributed by atoms with van der Waals surface area (Å²) in [6, 6.07) is 2.10. The first-order valence-corrected chi connectivity index (χ1v) is 9.20. The number of aromatic nitrogens is 1. The number of aryl methyl sites for hydroxylation is 1. The molecule has 0 N–H and O–H groups in total. The Morgan fingerprint density at radius 2 is 2.04 bits per heavy atom.